The maximum atomic E-state index is 13.4. The quantitative estimate of drug-likeness (QED) is 0.759. The van der Waals surface area contributed by atoms with Crippen LogP contribution < -0.4 is 5.32 Å². The molecule has 0 saturated carbocycles. The number of halogens is 4. The lowest BCUT2D eigenvalue weighted by atomic mass is 9.88. The molecule has 0 aromatic heterocycles. The Hall–Kier alpha value is -1.10. The van der Waals surface area contributed by atoms with Crippen LogP contribution in [-0.2, 0) is 0 Å². The predicted molar refractivity (Wildman–Crippen MR) is 60.7 cm³/mol. The highest BCUT2D eigenvalue weighted by Gasteiger charge is 2.42. The van der Waals surface area contributed by atoms with Gasteiger partial charge in [-0.15, -0.1) is 0 Å². The Kier molecular flexibility index (Phi) is 3.61. The minimum Gasteiger partial charge on any atom is -0.310 e. The molecular formula is C13H15F4N. The van der Waals surface area contributed by atoms with Crippen LogP contribution in [0.15, 0.2) is 18.2 Å². The number of nitrogens with one attached hydrogen (secondary N) is 1. The lowest BCUT2D eigenvalue weighted by Crippen LogP contribution is -2.38. The predicted octanol–water partition coefficient (Wildman–Crippen LogP) is 3.74. The van der Waals surface area contributed by atoms with Crippen LogP contribution in [0.25, 0.3) is 0 Å². The molecule has 0 spiro atoms. The van der Waals surface area contributed by atoms with E-state index in [-0.39, 0.29) is 18.7 Å². The maximum absolute atomic E-state index is 13.4. The zero-order valence-corrected chi connectivity index (χ0v) is 10.0. The number of aryl methyl sites for hydroxylation is 1. The van der Waals surface area contributed by atoms with E-state index in [1.54, 1.807) is 19.1 Å². The largest absolute Gasteiger partial charge is 0.391 e. The van der Waals surface area contributed by atoms with Gasteiger partial charge in [0.1, 0.15) is 5.82 Å². The molecule has 2 rings (SSSR count). The summed E-state index contributed by atoms with van der Waals surface area (Å²) in [6.07, 6.45) is -4.09. The Morgan fingerprint density at radius 3 is 2.61 bits per heavy atom. The van der Waals surface area contributed by atoms with Gasteiger partial charge in [0.05, 0.1) is 5.92 Å². The fourth-order valence-corrected chi connectivity index (χ4v) is 2.29. The summed E-state index contributed by atoms with van der Waals surface area (Å²) in [7, 11) is 0. The Balaban J connectivity index is 2.15. The first-order valence-electron chi connectivity index (χ1n) is 5.94. The summed E-state index contributed by atoms with van der Waals surface area (Å²) >= 11 is 0. The summed E-state index contributed by atoms with van der Waals surface area (Å²) < 4.78 is 51.4. The van der Waals surface area contributed by atoms with Crippen molar-refractivity contribution in [2.45, 2.75) is 32.0 Å². The number of benzene rings is 1. The van der Waals surface area contributed by atoms with Crippen LogP contribution >= 0.6 is 0 Å². The molecular weight excluding hydrogens is 246 g/mol. The molecule has 2 atom stereocenters. The van der Waals surface area contributed by atoms with Gasteiger partial charge in [0.2, 0.25) is 0 Å². The van der Waals surface area contributed by atoms with Crippen molar-refractivity contribution in [2.24, 2.45) is 5.92 Å². The standard InChI is InChI=1S/C13H15F4N/c1-8-2-3-9(6-11(8)14)12-7-10(4-5-18-12)13(15,16)17/h2-3,6,10,12,18H,4-5,7H2,1H3. The zero-order valence-electron chi connectivity index (χ0n) is 10.0. The van der Waals surface area contributed by atoms with E-state index < -0.39 is 18.1 Å². The molecule has 1 aromatic rings. The normalized spacial score (nSPS) is 25.2. The summed E-state index contributed by atoms with van der Waals surface area (Å²) in [5.41, 5.74) is 1.09. The number of hydrogen-bond acceptors (Lipinski definition) is 1. The second-order valence-corrected chi connectivity index (χ2v) is 4.78. The van der Waals surface area contributed by atoms with Crippen LogP contribution in [0.4, 0.5) is 17.6 Å². The zero-order chi connectivity index (χ0) is 13.3. The lowest BCUT2D eigenvalue weighted by Gasteiger charge is -2.32. The van der Waals surface area contributed by atoms with Gasteiger partial charge in [-0.1, -0.05) is 12.1 Å². The van der Waals surface area contributed by atoms with Gasteiger partial charge in [0.15, 0.2) is 0 Å². The van der Waals surface area contributed by atoms with Crippen molar-refractivity contribution in [3.8, 4) is 0 Å². The van der Waals surface area contributed by atoms with Crippen molar-refractivity contribution in [2.75, 3.05) is 6.54 Å². The van der Waals surface area contributed by atoms with E-state index in [1.807, 2.05) is 0 Å². The van der Waals surface area contributed by atoms with Gasteiger partial charge in [0.25, 0.3) is 0 Å². The van der Waals surface area contributed by atoms with Gasteiger partial charge < -0.3 is 5.32 Å². The number of piperidine rings is 1. The molecule has 0 radical (unpaired) electrons. The first-order chi connectivity index (χ1) is 8.38. The van der Waals surface area contributed by atoms with E-state index in [4.69, 9.17) is 0 Å². The Morgan fingerprint density at radius 1 is 1.28 bits per heavy atom. The molecule has 1 aliphatic rings. The Labute approximate surface area is 103 Å². The summed E-state index contributed by atoms with van der Waals surface area (Å²) in [5.74, 6) is -1.67. The van der Waals surface area contributed by atoms with Crippen LogP contribution in [0.5, 0.6) is 0 Å². The maximum Gasteiger partial charge on any atom is 0.391 e. The third-order valence-corrected chi connectivity index (χ3v) is 3.46. The smallest absolute Gasteiger partial charge is 0.310 e. The fraction of sp³-hybridized carbons (Fsp3) is 0.538. The molecule has 1 heterocycles. The van der Waals surface area contributed by atoms with Crippen molar-refractivity contribution in [1.29, 1.82) is 0 Å². The molecule has 18 heavy (non-hydrogen) atoms. The highest BCUT2D eigenvalue weighted by atomic mass is 19.4. The molecule has 0 amide bonds. The monoisotopic (exact) mass is 261 g/mol. The lowest BCUT2D eigenvalue weighted by molar-refractivity contribution is -0.183. The Morgan fingerprint density at radius 2 is 2.00 bits per heavy atom. The van der Waals surface area contributed by atoms with Crippen molar-refractivity contribution in [3.63, 3.8) is 0 Å². The van der Waals surface area contributed by atoms with Gasteiger partial charge in [-0.2, -0.15) is 13.2 Å². The third kappa shape index (κ3) is 2.83. The van der Waals surface area contributed by atoms with Gasteiger partial charge in [-0.3, -0.25) is 0 Å². The molecule has 0 aliphatic carbocycles. The minimum absolute atomic E-state index is 0.0218. The number of hydrogen-bond donors (Lipinski definition) is 1. The van der Waals surface area contributed by atoms with E-state index in [0.29, 0.717) is 17.7 Å². The SMILES string of the molecule is Cc1ccc(C2CC(C(F)(F)F)CCN2)cc1F. The molecule has 1 aliphatic heterocycles. The van der Waals surface area contributed by atoms with E-state index in [1.165, 1.54) is 6.07 Å². The van der Waals surface area contributed by atoms with E-state index in [9.17, 15) is 17.6 Å². The molecule has 1 fully saturated rings. The van der Waals surface area contributed by atoms with Crippen molar-refractivity contribution >= 4 is 0 Å². The van der Waals surface area contributed by atoms with Gasteiger partial charge in [-0.25, -0.2) is 4.39 Å². The highest BCUT2D eigenvalue weighted by Crippen LogP contribution is 2.38. The van der Waals surface area contributed by atoms with Crippen molar-refractivity contribution in [3.05, 3.63) is 35.1 Å². The van der Waals surface area contributed by atoms with Gasteiger partial charge in [-0.05, 0) is 43.5 Å². The Bertz CT molecular complexity index is 427. The second-order valence-electron chi connectivity index (χ2n) is 4.78. The van der Waals surface area contributed by atoms with E-state index in [0.717, 1.165) is 0 Å². The first-order valence-corrected chi connectivity index (χ1v) is 5.94. The third-order valence-electron chi connectivity index (χ3n) is 3.46. The van der Waals surface area contributed by atoms with Crippen LogP contribution in [0.3, 0.4) is 0 Å². The van der Waals surface area contributed by atoms with E-state index >= 15 is 0 Å². The second kappa shape index (κ2) is 4.88. The highest BCUT2D eigenvalue weighted by molar-refractivity contribution is 5.26. The van der Waals surface area contributed by atoms with Crippen molar-refractivity contribution in [1.82, 2.24) is 5.32 Å². The van der Waals surface area contributed by atoms with Crippen LogP contribution in [0.2, 0.25) is 0 Å². The average Bonchev–Trinajstić information content (AvgIpc) is 2.32. The fourth-order valence-electron chi connectivity index (χ4n) is 2.29. The minimum atomic E-state index is -4.16. The molecule has 0 bridgehead atoms. The summed E-state index contributed by atoms with van der Waals surface area (Å²) in [6, 6.07) is 4.20. The summed E-state index contributed by atoms with van der Waals surface area (Å²) in [5, 5.41) is 3.02. The van der Waals surface area contributed by atoms with Gasteiger partial charge in [0, 0.05) is 6.04 Å². The molecule has 2 unspecified atom stereocenters. The molecule has 100 valence electrons. The summed E-state index contributed by atoms with van der Waals surface area (Å²) in [4.78, 5) is 0. The molecule has 5 heteroatoms. The topological polar surface area (TPSA) is 12.0 Å². The first kappa shape index (κ1) is 13.3. The van der Waals surface area contributed by atoms with Gasteiger partial charge >= 0.3 is 6.18 Å². The average molecular weight is 261 g/mol. The van der Waals surface area contributed by atoms with E-state index in [2.05, 4.69) is 5.32 Å². The summed E-state index contributed by atoms with van der Waals surface area (Å²) in [6.45, 7) is 1.94. The molecule has 1 saturated heterocycles. The van der Waals surface area contributed by atoms with Crippen molar-refractivity contribution < 1.29 is 17.6 Å². The van der Waals surface area contributed by atoms with Crippen LogP contribution in [-0.4, -0.2) is 12.7 Å². The van der Waals surface area contributed by atoms with Crippen LogP contribution in [0.1, 0.15) is 30.0 Å². The molecule has 1 nitrogen and oxygen atoms in total. The number of alkyl halides is 3. The van der Waals surface area contributed by atoms with Crippen LogP contribution in [0, 0.1) is 18.7 Å². The molecule has 1 N–H and O–H groups in total. The number of rotatable bonds is 1. The molecule has 1 aromatic carbocycles.